The highest BCUT2D eigenvalue weighted by atomic mass is 16.5. The molecule has 0 amide bonds. The molecule has 1 saturated heterocycles. The van der Waals surface area contributed by atoms with Crippen LogP contribution in [0, 0.1) is 0 Å². The standard InChI is InChI=1S/C14H20N2O2/c1-18-14(17)10-12-3-2-4-13(9-12)11-16-7-5-15-6-8-16/h2-4,9,15H,5-8,10-11H2,1H3. The molecule has 4 nitrogen and oxygen atoms in total. The number of methoxy groups -OCH3 is 1. The SMILES string of the molecule is COC(=O)Cc1cccc(CN2CCNCC2)c1. The van der Waals surface area contributed by atoms with Crippen molar-refractivity contribution in [3.8, 4) is 0 Å². The maximum Gasteiger partial charge on any atom is 0.309 e. The van der Waals surface area contributed by atoms with E-state index in [0.717, 1.165) is 38.3 Å². The van der Waals surface area contributed by atoms with Crippen LogP contribution in [0.2, 0.25) is 0 Å². The molecule has 0 spiro atoms. The average molecular weight is 248 g/mol. The van der Waals surface area contributed by atoms with E-state index in [1.165, 1.54) is 12.7 Å². The normalized spacial score (nSPS) is 16.5. The molecule has 2 rings (SSSR count). The van der Waals surface area contributed by atoms with Crippen LogP contribution in [0.3, 0.4) is 0 Å². The number of rotatable bonds is 4. The molecule has 98 valence electrons. The van der Waals surface area contributed by atoms with Crippen molar-refractivity contribution in [3.63, 3.8) is 0 Å². The number of carbonyl (C=O) groups is 1. The summed E-state index contributed by atoms with van der Waals surface area (Å²) in [6, 6.07) is 8.19. The third kappa shape index (κ3) is 3.82. The molecule has 0 saturated carbocycles. The van der Waals surface area contributed by atoms with Crippen LogP contribution < -0.4 is 5.32 Å². The predicted molar refractivity (Wildman–Crippen MR) is 70.3 cm³/mol. The molecule has 1 fully saturated rings. The van der Waals surface area contributed by atoms with Gasteiger partial charge in [-0.05, 0) is 11.1 Å². The molecule has 1 aromatic carbocycles. The smallest absolute Gasteiger partial charge is 0.309 e. The number of nitrogens with one attached hydrogen (secondary N) is 1. The van der Waals surface area contributed by atoms with Gasteiger partial charge >= 0.3 is 5.97 Å². The maximum atomic E-state index is 11.2. The zero-order chi connectivity index (χ0) is 12.8. The molecule has 1 heterocycles. The number of benzene rings is 1. The summed E-state index contributed by atoms with van der Waals surface area (Å²) in [6.07, 6.45) is 0.353. The molecule has 1 N–H and O–H groups in total. The van der Waals surface area contributed by atoms with Crippen LogP contribution in [0.4, 0.5) is 0 Å². The zero-order valence-corrected chi connectivity index (χ0v) is 10.8. The Morgan fingerprint density at radius 2 is 2.06 bits per heavy atom. The van der Waals surface area contributed by atoms with E-state index in [-0.39, 0.29) is 5.97 Å². The molecule has 0 bridgehead atoms. The Kier molecular flexibility index (Phi) is 4.73. The fourth-order valence-electron chi connectivity index (χ4n) is 2.20. The van der Waals surface area contributed by atoms with E-state index in [4.69, 9.17) is 0 Å². The summed E-state index contributed by atoms with van der Waals surface area (Å²) >= 11 is 0. The van der Waals surface area contributed by atoms with Crippen LogP contribution in [0.15, 0.2) is 24.3 Å². The van der Waals surface area contributed by atoms with E-state index in [1.807, 2.05) is 12.1 Å². The van der Waals surface area contributed by atoms with E-state index in [2.05, 4.69) is 27.1 Å². The molecule has 4 heteroatoms. The average Bonchev–Trinajstić information content (AvgIpc) is 2.40. The maximum absolute atomic E-state index is 11.2. The van der Waals surface area contributed by atoms with Crippen LogP contribution in [0.25, 0.3) is 0 Å². The van der Waals surface area contributed by atoms with E-state index in [1.54, 1.807) is 0 Å². The summed E-state index contributed by atoms with van der Waals surface area (Å²) in [5.74, 6) is -0.186. The van der Waals surface area contributed by atoms with E-state index in [0.29, 0.717) is 6.42 Å². The lowest BCUT2D eigenvalue weighted by Gasteiger charge is -2.27. The van der Waals surface area contributed by atoms with Crippen LogP contribution in [-0.2, 0) is 22.5 Å². The lowest BCUT2D eigenvalue weighted by Crippen LogP contribution is -2.42. The molecule has 1 aromatic rings. The second kappa shape index (κ2) is 6.52. The molecule has 0 unspecified atom stereocenters. The van der Waals surface area contributed by atoms with Gasteiger partial charge in [-0.2, -0.15) is 0 Å². The summed E-state index contributed by atoms with van der Waals surface area (Å²) in [4.78, 5) is 13.7. The van der Waals surface area contributed by atoms with Gasteiger partial charge in [0.05, 0.1) is 13.5 Å². The number of carbonyl (C=O) groups excluding carboxylic acids is 1. The second-order valence-electron chi connectivity index (χ2n) is 4.60. The van der Waals surface area contributed by atoms with Crippen LogP contribution >= 0.6 is 0 Å². The number of esters is 1. The van der Waals surface area contributed by atoms with Crippen molar-refractivity contribution in [2.24, 2.45) is 0 Å². The minimum Gasteiger partial charge on any atom is -0.469 e. The number of hydrogen-bond acceptors (Lipinski definition) is 4. The summed E-state index contributed by atoms with van der Waals surface area (Å²) in [7, 11) is 1.42. The molecular weight excluding hydrogens is 228 g/mol. The van der Waals surface area contributed by atoms with Crippen molar-refractivity contribution in [2.75, 3.05) is 33.3 Å². The lowest BCUT2D eigenvalue weighted by molar-refractivity contribution is -0.139. The predicted octanol–water partition coefficient (Wildman–Crippen LogP) is 0.807. The number of ether oxygens (including phenoxy) is 1. The highest BCUT2D eigenvalue weighted by Gasteiger charge is 2.10. The van der Waals surface area contributed by atoms with Crippen LogP contribution in [-0.4, -0.2) is 44.2 Å². The van der Waals surface area contributed by atoms with Gasteiger partial charge in [0.25, 0.3) is 0 Å². The largest absolute Gasteiger partial charge is 0.469 e. The minimum absolute atomic E-state index is 0.186. The molecule has 0 atom stereocenters. The number of hydrogen-bond donors (Lipinski definition) is 1. The Bertz CT molecular complexity index is 401. The first kappa shape index (κ1) is 13.1. The Hall–Kier alpha value is -1.39. The summed E-state index contributed by atoms with van der Waals surface area (Å²) in [5.41, 5.74) is 2.28. The molecule has 0 radical (unpaired) electrons. The van der Waals surface area contributed by atoms with Crippen molar-refractivity contribution in [3.05, 3.63) is 35.4 Å². The molecule has 0 aliphatic carbocycles. The fraction of sp³-hybridized carbons (Fsp3) is 0.500. The Balaban J connectivity index is 1.95. The highest BCUT2D eigenvalue weighted by molar-refractivity contribution is 5.72. The van der Waals surface area contributed by atoms with E-state index >= 15 is 0 Å². The number of piperazine rings is 1. The van der Waals surface area contributed by atoms with Gasteiger partial charge in [0.1, 0.15) is 0 Å². The van der Waals surface area contributed by atoms with Crippen molar-refractivity contribution in [2.45, 2.75) is 13.0 Å². The van der Waals surface area contributed by atoms with Crippen LogP contribution in [0.5, 0.6) is 0 Å². The van der Waals surface area contributed by atoms with Gasteiger partial charge in [-0.1, -0.05) is 24.3 Å². The van der Waals surface area contributed by atoms with E-state index in [9.17, 15) is 4.79 Å². The van der Waals surface area contributed by atoms with Gasteiger partial charge in [0.2, 0.25) is 0 Å². The van der Waals surface area contributed by atoms with Crippen molar-refractivity contribution in [1.29, 1.82) is 0 Å². The fourth-order valence-corrected chi connectivity index (χ4v) is 2.20. The highest BCUT2D eigenvalue weighted by Crippen LogP contribution is 2.10. The summed E-state index contributed by atoms with van der Waals surface area (Å²) in [5, 5.41) is 3.34. The van der Waals surface area contributed by atoms with Gasteiger partial charge in [-0.25, -0.2) is 0 Å². The molecule has 0 aromatic heterocycles. The first-order valence-electron chi connectivity index (χ1n) is 6.35. The topological polar surface area (TPSA) is 41.6 Å². The van der Waals surface area contributed by atoms with Gasteiger partial charge < -0.3 is 10.1 Å². The Labute approximate surface area is 108 Å². The van der Waals surface area contributed by atoms with E-state index < -0.39 is 0 Å². The minimum atomic E-state index is -0.186. The van der Waals surface area contributed by atoms with Crippen molar-refractivity contribution in [1.82, 2.24) is 10.2 Å². The van der Waals surface area contributed by atoms with Gasteiger partial charge in [0.15, 0.2) is 0 Å². The monoisotopic (exact) mass is 248 g/mol. The third-order valence-corrected chi connectivity index (χ3v) is 3.18. The Morgan fingerprint density at radius 1 is 1.33 bits per heavy atom. The quantitative estimate of drug-likeness (QED) is 0.801. The number of nitrogens with zero attached hydrogens (tertiary/aromatic N) is 1. The molecule has 18 heavy (non-hydrogen) atoms. The van der Waals surface area contributed by atoms with Gasteiger partial charge in [0, 0.05) is 32.7 Å². The van der Waals surface area contributed by atoms with Crippen molar-refractivity contribution >= 4 is 5.97 Å². The van der Waals surface area contributed by atoms with Crippen molar-refractivity contribution < 1.29 is 9.53 Å². The summed E-state index contributed by atoms with van der Waals surface area (Å²) in [6.45, 7) is 5.24. The molecule has 1 aliphatic heterocycles. The first-order chi connectivity index (χ1) is 8.78. The lowest BCUT2D eigenvalue weighted by atomic mass is 10.1. The second-order valence-corrected chi connectivity index (χ2v) is 4.60. The van der Waals surface area contributed by atoms with Gasteiger partial charge in [-0.15, -0.1) is 0 Å². The van der Waals surface area contributed by atoms with Crippen LogP contribution in [0.1, 0.15) is 11.1 Å². The van der Waals surface area contributed by atoms with Gasteiger partial charge in [-0.3, -0.25) is 9.69 Å². The molecule has 1 aliphatic rings. The first-order valence-corrected chi connectivity index (χ1v) is 6.35. The molecular formula is C14H20N2O2. The zero-order valence-electron chi connectivity index (χ0n) is 10.8. The summed E-state index contributed by atoms with van der Waals surface area (Å²) < 4.78 is 4.69. The Morgan fingerprint density at radius 3 is 2.78 bits per heavy atom. The third-order valence-electron chi connectivity index (χ3n) is 3.18.